The third kappa shape index (κ3) is 8.25. The molecule has 0 amide bonds. The van der Waals surface area contributed by atoms with Crippen LogP contribution in [0, 0.1) is 23.7 Å². The van der Waals surface area contributed by atoms with Crippen molar-refractivity contribution in [1.82, 2.24) is 5.32 Å². The van der Waals surface area contributed by atoms with E-state index in [-0.39, 0.29) is 29.8 Å². The van der Waals surface area contributed by atoms with Gasteiger partial charge in [-0.2, -0.15) is 0 Å². The van der Waals surface area contributed by atoms with E-state index in [1.165, 1.54) is 0 Å². The quantitative estimate of drug-likeness (QED) is 0.591. The molecule has 0 saturated heterocycles. The van der Waals surface area contributed by atoms with E-state index in [2.05, 4.69) is 33.0 Å². The standard InChI is InChI=1S/C13H25NO2.C10H19NO2/c1-5-10-7-11(14-9(3)4)8-12(10)13(15)16-6-2;1-3-7-5-8(11)6-9(7)10(12)13-4-2/h9-12,14H,5-8H2,1-4H3;7-9H,3-6,11H2,1-2H3/t10-,11+,12+;/m1./s1. The number of hydrogen-bond donors (Lipinski definition) is 2. The first-order valence-electron chi connectivity index (χ1n) is 11.6. The van der Waals surface area contributed by atoms with Crippen LogP contribution in [0.1, 0.15) is 80.1 Å². The van der Waals surface area contributed by atoms with Crippen LogP contribution in [0.2, 0.25) is 0 Å². The summed E-state index contributed by atoms with van der Waals surface area (Å²) in [5, 5.41) is 3.53. The van der Waals surface area contributed by atoms with E-state index in [1.807, 2.05) is 13.8 Å². The number of hydrogen-bond acceptors (Lipinski definition) is 6. The van der Waals surface area contributed by atoms with Crippen molar-refractivity contribution in [2.75, 3.05) is 13.2 Å². The Hall–Kier alpha value is -1.14. The topological polar surface area (TPSA) is 90.7 Å². The van der Waals surface area contributed by atoms with Crippen LogP contribution in [0.4, 0.5) is 0 Å². The molecule has 2 fully saturated rings. The average molecular weight is 413 g/mol. The first-order chi connectivity index (χ1) is 13.8. The SMILES string of the molecule is CCOC(=O)C1CC(N)CC1CC.CCOC(=O)[C@H]1C[C@@H](NC(C)C)C[C@H]1CC. The van der Waals surface area contributed by atoms with Gasteiger partial charge in [0.1, 0.15) is 0 Å². The predicted molar refractivity (Wildman–Crippen MR) is 116 cm³/mol. The van der Waals surface area contributed by atoms with Gasteiger partial charge in [0.05, 0.1) is 25.0 Å². The van der Waals surface area contributed by atoms with Crippen LogP contribution in [0.25, 0.3) is 0 Å². The largest absolute Gasteiger partial charge is 0.466 e. The minimum Gasteiger partial charge on any atom is -0.466 e. The molecule has 0 bridgehead atoms. The van der Waals surface area contributed by atoms with E-state index in [0.717, 1.165) is 38.5 Å². The van der Waals surface area contributed by atoms with Gasteiger partial charge in [-0.25, -0.2) is 0 Å². The summed E-state index contributed by atoms with van der Waals surface area (Å²) in [5.41, 5.74) is 5.82. The highest BCUT2D eigenvalue weighted by atomic mass is 16.5. The molecule has 2 rings (SSSR count). The molecule has 170 valence electrons. The van der Waals surface area contributed by atoms with E-state index in [9.17, 15) is 9.59 Å². The fourth-order valence-electron chi connectivity index (χ4n) is 4.88. The summed E-state index contributed by atoms with van der Waals surface area (Å²) in [6.45, 7) is 13.3. The van der Waals surface area contributed by atoms with E-state index in [1.54, 1.807) is 0 Å². The number of rotatable bonds is 8. The van der Waals surface area contributed by atoms with Crippen LogP contribution < -0.4 is 11.1 Å². The molecule has 6 nitrogen and oxygen atoms in total. The summed E-state index contributed by atoms with van der Waals surface area (Å²) in [6, 6.07) is 1.17. The van der Waals surface area contributed by atoms with Gasteiger partial charge in [0.15, 0.2) is 0 Å². The molecular weight excluding hydrogens is 368 g/mol. The summed E-state index contributed by atoms with van der Waals surface area (Å²) in [5.74, 6) is 1.05. The molecule has 0 aromatic heterocycles. The number of ether oxygens (including phenoxy) is 2. The lowest BCUT2D eigenvalue weighted by Crippen LogP contribution is -2.33. The predicted octanol–water partition coefficient (Wildman–Crippen LogP) is 3.67. The zero-order chi connectivity index (χ0) is 22.0. The molecule has 3 unspecified atom stereocenters. The summed E-state index contributed by atoms with van der Waals surface area (Å²) in [6.07, 6.45) is 5.92. The summed E-state index contributed by atoms with van der Waals surface area (Å²) in [4.78, 5) is 23.3. The normalized spacial score (nSPS) is 31.3. The Labute approximate surface area is 177 Å². The molecular formula is C23H44N2O4. The van der Waals surface area contributed by atoms with Gasteiger partial charge in [-0.05, 0) is 51.4 Å². The van der Waals surface area contributed by atoms with Gasteiger partial charge >= 0.3 is 11.9 Å². The zero-order valence-electron chi connectivity index (χ0n) is 19.4. The minimum atomic E-state index is -0.0534. The lowest BCUT2D eigenvalue weighted by molar-refractivity contribution is -0.150. The van der Waals surface area contributed by atoms with Crippen LogP contribution in [0.3, 0.4) is 0 Å². The Morgan fingerprint density at radius 2 is 1.34 bits per heavy atom. The van der Waals surface area contributed by atoms with Gasteiger partial charge in [-0.1, -0.05) is 40.5 Å². The highest BCUT2D eigenvalue weighted by molar-refractivity contribution is 5.73. The lowest BCUT2D eigenvalue weighted by Gasteiger charge is -2.15. The molecule has 2 aliphatic carbocycles. The van der Waals surface area contributed by atoms with Crippen molar-refractivity contribution in [3.63, 3.8) is 0 Å². The molecule has 0 radical (unpaired) electrons. The maximum atomic E-state index is 11.8. The number of esters is 2. The van der Waals surface area contributed by atoms with Crippen molar-refractivity contribution in [1.29, 1.82) is 0 Å². The van der Waals surface area contributed by atoms with Crippen molar-refractivity contribution in [3.05, 3.63) is 0 Å². The van der Waals surface area contributed by atoms with Gasteiger partial charge in [0, 0.05) is 18.1 Å². The van der Waals surface area contributed by atoms with Gasteiger partial charge in [-0.3, -0.25) is 9.59 Å². The van der Waals surface area contributed by atoms with E-state index >= 15 is 0 Å². The zero-order valence-corrected chi connectivity index (χ0v) is 19.4. The number of carbonyl (C=O) groups is 2. The van der Waals surface area contributed by atoms with Crippen molar-refractivity contribution in [3.8, 4) is 0 Å². The van der Waals surface area contributed by atoms with Crippen LogP contribution in [-0.4, -0.2) is 43.3 Å². The van der Waals surface area contributed by atoms with Crippen molar-refractivity contribution < 1.29 is 19.1 Å². The lowest BCUT2D eigenvalue weighted by atomic mass is 9.94. The van der Waals surface area contributed by atoms with Gasteiger partial charge in [-0.15, -0.1) is 0 Å². The summed E-state index contributed by atoms with van der Waals surface area (Å²) < 4.78 is 10.2. The van der Waals surface area contributed by atoms with E-state index in [0.29, 0.717) is 37.1 Å². The Morgan fingerprint density at radius 3 is 1.79 bits per heavy atom. The fraction of sp³-hybridized carbons (Fsp3) is 0.913. The van der Waals surface area contributed by atoms with Crippen LogP contribution in [0.15, 0.2) is 0 Å². The Balaban J connectivity index is 0.000000296. The van der Waals surface area contributed by atoms with Gasteiger partial charge < -0.3 is 20.5 Å². The molecule has 0 aromatic carbocycles. The number of nitrogens with two attached hydrogens (primary N) is 1. The van der Waals surface area contributed by atoms with Crippen LogP contribution in [0.5, 0.6) is 0 Å². The fourth-order valence-corrected chi connectivity index (χ4v) is 4.88. The van der Waals surface area contributed by atoms with Crippen molar-refractivity contribution >= 4 is 11.9 Å². The van der Waals surface area contributed by atoms with E-state index in [4.69, 9.17) is 15.2 Å². The average Bonchev–Trinajstić information content (AvgIpc) is 3.25. The molecule has 2 aliphatic rings. The monoisotopic (exact) mass is 412 g/mol. The molecule has 0 spiro atoms. The first-order valence-corrected chi connectivity index (χ1v) is 11.6. The molecule has 6 heteroatoms. The van der Waals surface area contributed by atoms with E-state index < -0.39 is 0 Å². The molecule has 0 heterocycles. The van der Waals surface area contributed by atoms with Crippen LogP contribution >= 0.6 is 0 Å². The molecule has 29 heavy (non-hydrogen) atoms. The van der Waals surface area contributed by atoms with Crippen molar-refractivity contribution in [2.24, 2.45) is 29.4 Å². The molecule has 0 aliphatic heterocycles. The number of nitrogens with one attached hydrogen (secondary N) is 1. The molecule has 3 N–H and O–H groups in total. The maximum Gasteiger partial charge on any atom is 0.309 e. The third-order valence-electron chi connectivity index (χ3n) is 6.22. The minimum absolute atomic E-state index is 0.00223. The third-order valence-corrected chi connectivity index (χ3v) is 6.22. The first kappa shape index (κ1) is 25.9. The Bertz CT molecular complexity index is 497. The molecule has 2 saturated carbocycles. The second-order valence-electron chi connectivity index (χ2n) is 8.77. The summed E-state index contributed by atoms with van der Waals surface area (Å²) in [7, 11) is 0. The van der Waals surface area contributed by atoms with Crippen molar-refractivity contribution in [2.45, 2.75) is 98.2 Å². The van der Waals surface area contributed by atoms with Gasteiger partial charge in [0.25, 0.3) is 0 Å². The highest BCUT2D eigenvalue weighted by Crippen LogP contribution is 2.35. The number of carbonyl (C=O) groups excluding carboxylic acids is 2. The Kier molecular flexibility index (Phi) is 11.8. The summed E-state index contributed by atoms with van der Waals surface area (Å²) >= 11 is 0. The second-order valence-corrected chi connectivity index (χ2v) is 8.77. The Morgan fingerprint density at radius 1 is 0.862 bits per heavy atom. The highest BCUT2D eigenvalue weighted by Gasteiger charge is 2.38. The van der Waals surface area contributed by atoms with Crippen LogP contribution in [-0.2, 0) is 19.1 Å². The second kappa shape index (κ2) is 13.2. The van der Waals surface area contributed by atoms with Gasteiger partial charge in [0.2, 0.25) is 0 Å². The molecule has 0 aromatic rings. The molecule has 6 atom stereocenters. The smallest absolute Gasteiger partial charge is 0.309 e. The maximum absolute atomic E-state index is 11.8.